The second-order valence-electron chi connectivity index (χ2n) is 6.26. The fraction of sp³-hybridized carbons (Fsp3) is 0.333. The smallest absolute Gasteiger partial charge is 0.288 e. The Balaban J connectivity index is 1.31. The highest BCUT2D eigenvalue weighted by atomic mass is 16.5. The molecule has 4 rings (SSSR count). The predicted molar refractivity (Wildman–Crippen MR) is 92.3 cm³/mol. The Morgan fingerprint density at radius 3 is 2.84 bits per heavy atom. The van der Waals surface area contributed by atoms with E-state index in [1.54, 1.807) is 6.20 Å². The number of amides is 1. The molecule has 0 spiro atoms. The predicted octanol–water partition coefficient (Wildman–Crippen LogP) is 2.47. The molecular formula is C18H19N5O2. The number of carbonyl (C=O) groups excluding carboxylic acids is 1. The Kier molecular flexibility index (Phi) is 4.28. The zero-order valence-corrected chi connectivity index (χ0v) is 13.7. The number of aromatic nitrogens is 4. The van der Waals surface area contributed by atoms with Crippen molar-refractivity contribution in [2.24, 2.45) is 0 Å². The Morgan fingerprint density at radius 2 is 2.04 bits per heavy atom. The van der Waals surface area contributed by atoms with Crippen molar-refractivity contribution in [2.75, 3.05) is 0 Å². The largest absolute Gasteiger partial charge is 0.490 e. The molecule has 25 heavy (non-hydrogen) atoms. The number of hydrogen-bond donors (Lipinski definition) is 2. The first-order valence-corrected chi connectivity index (χ1v) is 8.45. The van der Waals surface area contributed by atoms with Crippen molar-refractivity contribution in [2.45, 2.75) is 37.8 Å². The minimum absolute atomic E-state index is 0.151. The quantitative estimate of drug-likeness (QED) is 0.763. The number of ether oxygens (including phenoxy) is 1. The van der Waals surface area contributed by atoms with E-state index in [1.165, 1.54) is 6.33 Å². The summed E-state index contributed by atoms with van der Waals surface area (Å²) in [6.45, 7) is 0. The van der Waals surface area contributed by atoms with E-state index in [0.29, 0.717) is 0 Å². The molecule has 0 atom stereocenters. The molecule has 1 amide bonds. The van der Waals surface area contributed by atoms with Crippen LogP contribution in [-0.4, -0.2) is 38.2 Å². The lowest BCUT2D eigenvalue weighted by Gasteiger charge is -2.29. The number of aromatic amines is 1. The Morgan fingerprint density at radius 1 is 1.16 bits per heavy atom. The third-order valence-electron chi connectivity index (χ3n) is 4.52. The maximum atomic E-state index is 12.0. The van der Waals surface area contributed by atoms with Gasteiger partial charge in [0.1, 0.15) is 12.1 Å². The third kappa shape index (κ3) is 3.60. The van der Waals surface area contributed by atoms with E-state index in [9.17, 15) is 4.79 Å². The summed E-state index contributed by atoms with van der Waals surface area (Å²) in [5.41, 5.74) is 0.966. The molecule has 1 aliphatic carbocycles. The summed E-state index contributed by atoms with van der Waals surface area (Å²) in [6.07, 6.45) is 6.89. The van der Waals surface area contributed by atoms with Gasteiger partial charge in [-0.15, -0.1) is 0 Å². The highest BCUT2D eigenvalue weighted by Gasteiger charge is 2.24. The fourth-order valence-corrected chi connectivity index (χ4v) is 3.21. The van der Waals surface area contributed by atoms with Crippen molar-refractivity contribution >= 4 is 16.8 Å². The highest BCUT2D eigenvalue weighted by molar-refractivity contribution is 5.90. The lowest BCUT2D eigenvalue weighted by atomic mass is 9.93. The van der Waals surface area contributed by atoms with E-state index in [4.69, 9.17) is 4.74 Å². The molecule has 0 saturated heterocycles. The van der Waals surface area contributed by atoms with Crippen molar-refractivity contribution in [1.82, 2.24) is 25.5 Å². The van der Waals surface area contributed by atoms with Crippen LogP contribution in [0.15, 0.2) is 42.9 Å². The van der Waals surface area contributed by atoms with Gasteiger partial charge in [-0.2, -0.15) is 5.10 Å². The van der Waals surface area contributed by atoms with Crippen molar-refractivity contribution < 1.29 is 9.53 Å². The van der Waals surface area contributed by atoms with Gasteiger partial charge in [0.25, 0.3) is 5.91 Å². The number of H-pyrrole nitrogens is 1. The van der Waals surface area contributed by atoms with E-state index in [-0.39, 0.29) is 23.9 Å². The first kappa shape index (κ1) is 15.6. The summed E-state index contributed by atoms with van der Waals surface area (Å²) in [7, 11) is 0. The summed E-state index contributed by atoms with van der Waals surface area (Å²) in [6, 6.07) is 10.1. The minimum atomic E-state index is -0.205. The average molecular weight is 337 g/mol. The molecule has 2 heterocycles. The van der Waals surface area contributed by atoms with Crippen LogP contribution in [0.25, 0.3) is 10.9 Å². The van der Waals surface area contributed by atoms with Crippen LogP contribution in [-0.2, 0) is 0 Å². The molecular weight excluding hydrogens is 318 g/mol. The molecule has 0 radical (unpaired) electrons. The van der Waals surface area contributed by atoms with Gasteiger partial charge in [-0.1, -0.05) is 6.07 Å². The van der Waals surface area contributed by atoms with Crippen LogP contribution in [0, 0.1) is 0 Å². The molecule has 1 fully saturated rings. The zero-order chi connectivity index (χ0) is 17.1. The Labute approximate surface area is 144 Å². The maximum absolute atomic E-state index is 12.0. The van der Waals surface area contributed by atoms with E-state index < -0.39 is 0 Å². The molecule has 2 N–H and O–H groups in total. The molecule has 7 nitrogen and oxygen atoms in total. The van der Waals surface area contributed by atoms with Crippen molar-refractivity contribution in [3.8, 4) is 5.75 Å². The van der Waals surface area contributed by atoms with Crippen molar-refractivity contribution in [3.63, 3.8) is 0 Å². The number of carbonyl (C=O) groups is 1. The van der Waals surface area contributed by atoms with Gasteiger partial charge in [0.05, 0.1) is 11.6 Å². The topological polar surface area (TPSA) is 92.8 Å². The number of nitrogens with zero attached hydrogens (tertiary/aromatic N) is 3. The van der Waals surface area contributed by atoms with Crippen molar-refractivity contribution in [3.05, 3.63) is 48.7 Å². The summed E-state index contributed by atoms with van der Waals surface area (Å²) >= 11 is 0. The van der Waals surface area contributed by atoms with Crippen LogP contribution in [0.5, 0.6) is 5.75 Å². The minimum Gasteiger partial charge on any atom is -0.490 e. The Bertz CT molecular complexity index is 857. The molecule has 1 aromatic carbocycles. The molecule has 0 unspecified atom stereocenters. The molecule has 1 saturated carbocycles. The number of nitrogens with one attached hydrogen (secondary N) is 2. The SMILES string of the molecule is O=C(NC1CCC(Oc2ccc3ncccc3c2)CC1)c1ncn[nH]1. The van der Waals surface area contributed by atoms with E-state index in [0.717, 1.165) is 42.3 Å². The maximum Gasteiger partial charge on any atom is 0.288 e. The highest BCUT2D eigenvalue weighted by Crippen LogP contribution is 2.26. The van der Waals surface area contributed by atoms with Crippen LogP contribution in [0.4, 0.5) is 0 Å². The van der Waals surface area contributed by atoms with Crippen LogP contribution in [0.3, 0.4) is 0 Å². The average Bonchev–Trinajstić information content (AvgIpc) is 3.18. The van der Waals surface area contributed by atoms with Gasteiger partial charge in [-0.3, -0.25) is 14.9 Å². The first-order valence-electron chi connectivity index (χ1n) is 8.45. The second kappa shape index (κ2) is 6.88. The molecule has 7 heteroatoms. The van der Waals surface area contributed by atoms with Gasteiger partial charge in [0.15, 0.2) is 0 Å². The third-order valence-corrected chi connectivity index (χ3v) is 4.52. The number of rotatable bonds is 4. The molecule has 3 aromatic rings. The van der Waals surface area contributed by atoms with Crippen LogP contribution < -0.4 is 10.1 Å². The van der Waals surface area contributed by atoms with Gasteiger partial charge in [0.2, 0.25) is 5.82 Å². The van der Waals surface area contributed by atoms with Gasteiger partial charge in [0, 0.05) is 17.6 Å². The van der Waals surface area contributed by atoms with E-state index >= 15 is 0 Å². The fourth-order valence-electron chi connectivity index (χ4n) is 3.21. The summed E-state index contributed by atoms with van der Waals surface area (Å²) in [5.74, 6) is 0.918. The van der Waals surface area contributed by atoms with Gasteiger partial charge in [-0.25, -0.2) is 4.98 Å². The monoisotopic (exact) mass is 337 g/mol. The van der Waals surface area contributed by atoms with Crippen LogP contribution >= 0.6 is 0 Å². The van der Waals surface area contributed by atoms with Gasteiger partial charge in [-0.05, 0) is 49.9 Å². The molecule has 1 aliphatic rings. The first-order chi connectivity index (χ1) is 12.3. The van der Waals surface area contributed by atoms with E-state index in [1.807, 2.05) is 30.3 Å². The normalized spacial score (nSPS) is 20.3. The molecule has 128 valence electrons. The van der Waals surface area contributed by atoms with Crippen molar-refractivity contribution in [1.29, 1.82) is 0 Å². The zero-order valence-electron chi connectivity index (χ0n) is 13.7. The molecule has 0 bridgehead atoms. The summed E-state index contributed by atoms with van der Waals surface area (Å²) in [4.78, 5) is 20.2. The molecule has 0 aliphatic heterocycles. The number of hydrogen-bond acceptors (Lipinski definition) is 5. The second-order valence-corrected chi connectivity index (χ2v) is 6.26. The van der Waals surface area contributed by atoms with E-state index in [2.05, 4.69) is 25.5 Å². The Hall–Kier alpha value is -2.96. The van der Waals surface area contributed by atoms with Gasteiger partial charge < -0.3 is 10.1 Å². The number of pyridine rings is 1. The lowest BCUT2D eigenvalue weighted by molar-refractivity contribution is 0.0884. The standard InChI is InChI=1S/C18H19N5O2/c24-18(17-20-11-21-23-17)22-13-3-5-14(6-4-13)25-15-7-8-16-12(10-15)2-1-9-19-16/h1-2,7-11,13-14H,3-6H2,(H,22,24)(H,20,21,23). The number of benzene rings is 1. The number of fused-ring (bicyclic) bond motifs is 1. The summed E-state index contributed by atoms with van der Waals surface area (Å²) in [5, 5.41) is 10.3. The molecule has 2 aromatic heterocycles. The van der Waals surface area contributed by atoms with Crippen LogP contribution in [0.2, 0.25) is 0 Å². The van der Waals surface area contributed by atoms with Gasteiger partial charge >= 0.3 is 0 Å². The lowest BCUT2D eigenvalue weighted by Crippen LogP contribution is -2.40. The van der Waals surface area contributed by atoms with Crippen LogP contribution in [0.1, 0.15) is 36.3 Å². The summed E-state index contributed by atoms with van der Waals surface area (Å²) < 4.78 is 6.12.